The van der Waals surface area contributed by atoms with Gasteiger partial charge in [-0.25, -0.2) is 19.2 Å². The van der Waals surface area contributed by atoms with E-state index in [9.17, 15) is 14.0 Å². The predicted octanol–water partition coefficient (Wildman–Crippen LogP) is 3.45. The summed E-state index contributed by atoms with van der Waals surface area (Å²) in [6.45, 7) is 1.81. The van der Waals surface area contributed by atoms with E-state index in [0.29, 0.717) is 17.0 Å². The summed E-state index contributed by atoms with van der Waals surface area (Å²) < 4.78 is 15.5. The molecule has 0 aliphatic rings. The molecule has 0 fully saturated rings. The van der Waals surface area contributed by atoms with Crippen molar-refractivity contribution in [3.8, 4) is 5.69 Å². The van der Waals surface area contributed by atoms with Gasteiger partial charge in [0.1, 0.15) is 23.3 Å². The summed E-state index contributed by atoms with van der Waals surface area (Å²) >= 11 is 0. The van der Waals surface area contributed by atoms with Gasteiger partial charge in [0.15, 0.2) is 11.1 Å². The first kappa shape index (κ1) is 19.1. The molecular formula is C21H17FN6O2. The average Bonchev–Trinajstić information content (AvgIpc) is 2.72. The fourth-order valence-electron chi connectivity index (χ4n) is 3.04. The van der Waals surface area contributed by atoms with Crippen LogP contribution in [0, 0.1) is 12.7 Å². The lowest BCUT2D eigenvalue weighted by molar-refractivity contribution is 0.262. The number of pyridine rings is 1. The number of aromatic nitrogens is 3. The number of fused-ring (bicyclic) bond motifs is 1. The van der Waals surface area contributed by atoms with Gasteiger partial charge in [-0.1, -0.05) is 6.07 Å². The van der Waals surface area contributed by atoms with Crippen molar-refractivity contribution in [2.45, 2.75) is 6.92 Å². The molecule has 0 spiro atoms. The molecule has 0 saturated heterocycles. The lowest BCUT2D eigenvalue weighted by Gasteiger charge is -2.12. The number of nitrogens with two attached hydrogens (primary N) is 1. The van der Waals surface area contributed by atoms with E-state index >= 15 is 0 Å². The topological polar surface area (TPSA) is 115 Å². The van der Waals surface area contributed by atoms with Crippen LogP contribution in [0.15, 0.2) is 65.8 Å². The van der Waals surface area contributed by atoms with Gasteiger partial charge < -0.3 is 20.9 Å². The van der Waals surface area contributed by atoms with E-state index < -0.39 is 11.8 Å². The fourth-order valence-corrected chi connectivity index (χ4v) is 3.04. The molecule has 0 radical (unpaired) electrons. The summed E-state index contributed by atoms with van der Waals surface area (Å²) in [5.74, 6) is -0.407. The van der Waals surface area contributed by atoms with Crippen LogP contribution in [-0.2, 0) is 0 Å². The summed E-state index contributed by atoms with van der Waals surface area (Å²) in [5, 5.41) is 5.37. The zero-order valence-corrected chi connectivity index (χ0v) is 15.9. The predicted molar refractivity (Wildman–Crippen MR) is 113 cm³/mol. The number of nitrogen functional groups attached to an aromatic ring is 1. The first-order chi connectivity index (χ1) is 14.4. The second kappa shape index (κ2) is 7.63. The van der Waals surface area contributed by atoms with Crippen LogP contribution < -0.4 is 21.8 Å². The smallest absolute Gasteiger partial charge is 0.323 e. The molecule has 2 heterocycles. The molecule has 0 bridgehead atoms. The van der Waals surface area contributed by atoms with Crippen molar-refractivity contribution in [2.24, 2.45) is 0 Å². The van der Waals surface area contributed by atoms with Crippen LogP contribution in [0.1, 0.15) is 5.56 Å². The van der Waals surface area contributed by atoms with E-state index in [1.54, 1.807) is 54.1 Å². The second-order valence-electron chi connectivity index (χ2n) is 6.62. The number of carbonyl (C=O) groups excluding carboxylic acids is 1. The number of rotatable bonds is 3. The number of anilines is 3. The first-order valence-corrected chi connectivity index (χ1v) is 8.99. The van der Waals surface area contributed by atoms with E-state index in [-0.39, 0.29) is 22.3 Å². The fraction of sp³-hybridized carbons (Fsp3) is 0.0476. The lowest BCUT2D eigenvalue weighted by atomic mass is 10.2. The third-order valence-electron chi connectivity index (χ3n) is 4.48. The van der Waals surface area contributed by atoms with Gasteiger partial charge in [0.05, 0.1) is 5.69 Å². The molecule has 30 heavy (non-hydrogen) atoms. The summed E-state index contributed by atoms with van der Waals surface area (Å²) in [4.78, 5) is 32.3. The summed E-state index contributed by atoms with van der Waals surface area (Å²) in [7, 11) is 0. The van der Waals surface area contributed by atoms with Gasteiger partial charge in [-0.05, 0) is 48.9 Å². The van der Waals surface area contributed by atoms with Crippen molar-refractivity contribution in [3.05, 3.63) is 82.7 Å². The SMILES string of the molecule is Cc1ccc(F)c(NC(=O)Nc2ccc(-n3ccc(=O)c4c(N)ncnc43)cc2)c1. The van der Waals surface area contributed by atoms with E-state index in [4.69, 9.17) is 5.73 Å². The molecule has 0 aliphatic heterocycles. The lowest BCUT2D eigenvalue weighted by Crippen LogP contribution is -2.20. The van der Waals surface area contributed by atoms with Crippen LogP contribution in [0.25, 0.3) is 16.7 Å². The van der Waals surface area contributed by atoms with Gasteiger partial charge in [0.2, 0.25) is 0 Å². The quantitative estimate of drug-likeness (QED) is 0.484. The highest BCUT2D eigenvalue weighted by atomic mass is 19.1. The number of benzene rings is 2. The molecule has 150 valence electrons. The summed E-state index contributed by atoms with van der Waals surface area (Å²) in [6.07, 6.45) is 2.88. The van der Waals surface area contributed by atoms with E-state index in [1.165, 1.54) is 18.5 Å². The molecular weight excluding hydrogens is 387 g/mol. The maximum atomic E-state index is 13.8. The number of hydrogen-bond donors (Lipinski definition) is 3. The molecule has 2 aromatic heterocycles. The van der Waals surface area contributed by atoms with Crippen molar-refractivity contribution in [2.75, 3.05) is 16.4 Å². The molecule has 2 amide bonds. The Labute approximate surface area is 170 Å². The van der Waals surface area contributed by atoms with Crippen LogP contribution in [0.4, 0.5) is 26.4 Å². The third kappa shape index (κ3) is 3.68. The second-order valence-corrected chi connectivity index (χ2v) is 6.62. The maximum Gasteiger partial charge on any atom is 0.323 e. The summed E-state index contributed by atoms with van der Waals surface area (Å²) in [5.41, 5.74) is 8.06. The molecule has 4 rings (SSSR count). The minimum atomic E-state index is -0.568. The number of hydrogen-bond acceptors (Lipinski definition) is 5. The van der Waals surface area contributed by atoms with Crippen LogP contribution in [0.5, 0.6) is 0 Å². The van der Waals surface area contributed by atoms with E-state index in [0.717, 1.165) is 5.56 Å². The molecule has 0 saturated carbocycles. The van der Waals surface area contributed by atoms with Crippen molar-refractivity contribution < 1.29 is 9.18 Å². The van der Waals surface area contributed by atoms with Gasteiger partial charge >= 0.3 is 6.03 Å². The van der Waals surface area contributed by atoms with Crippen molar-refractivity contribution in [1.29, 1.82) is 0 Å². The van der Waals surface area contributed by atoms with Crippen molar-refractivity contribution in [1.82, 2.24) is 14.5 Å². The Balaban J connectivity index is 1.57. The van der Waals surface area contributed by atoms with Gasteiger partial charge in [0.25, 0.3) is 0 Å². The molecule has 0 unspecified atom stereocenters. The summed E-state index contributed by atoms with van der Waals surface area (Å²) in [6, 6.07) is 12.1. The first-order valence-electron chi connectivity index (χ1n) is 8.99. The number of amides is 2. The molecule has 0 aliphatic carbocycles. The van der Waals surface area contributed by atoms with Crippen LogP contribution >= 0.6 is 0 Å². The molecule has 2 aromatic carbocycles. The highest BCUT2D eigenvalue weighted by molar-refractivity contribution is 6.00. The molecule has 0 atom stereocenters. The number of nitrogens with zero attached hydrogens (tertiary/aromatic N) is 3. The van der Waals surface area contributed by atoms with Crippen LogP contribution in [0.2, 0.25) is 0 Å². The average molecular weight is 404 g/mol. The van der Waals surface area contributed by atoms with Crippen molar-refractivity contribution >= 4 is 34.3 Å². The number of urea groups is 1. The van der Waals surface area contributed by atoms with Crippen molar-refractivity contribution in [3.63, 3.8) is 0 Å². The Morgan fingerprint density at radius 1 is 1.07 bits per heavy atom. The van der Waals surface area contributed by atoms with Gasteiger partial charge in [-0.15, -0.1) is 0 Å². The highest BCUT2D eigenvalue weighted by Crippen LogP contribution is 2.20. The molecule has 9 heteroatoms. The highest BCUT2D eigenvalue weighted by Gasteiger charge is 2.11. The number of nitrogens with one attached hydrogen (secondary N) is 2. The van der Waals surface area contributed by atoms with E-state index in [2.05, 4.69) is 20.6 Å². The Kier molecular flexibility index (Phi) is 4.85. The molecule has 4 aromatic rings. The van der Waals surface area contributed by atoms with Gasteiger partial charge in [0, 0.05) is 23.6 Å². The third-order valence-corrected chi connectivity index (χ3v) is 4.48. The number of carbonyl (C=O) groups is 1. The van der Waals surface area contributed by atoms with Gasteiger partial charge in [-0.2, -0.15) is 0 Å². The monoisotopic (exact) mass is 404 g/mol. The molecule has 8 nitrogen and oxygen atoms in total. The van der Waals surface area contributed by atoms with Gasteiger partial charge in [-0.3, -0.25) is 4.79 Å². The number of halogens is 1. The van der Waals surface area contributed by atoms with Crippen LogP contribution in [-0.4, -0.2) is 20.6 Å². The Hall–Kier alpha value is -4.27. The minimum absolute atomic E-state index is 0.0983. The van der Waals surface area contributed by atoms with E-state index in [1.807, 2.05) is 0 Å². The normalized spacial score (nSPS) is 10.7. The standard InChI is InChI=1S/C21H17FN6O2/c1-12-2-7-15(22)16(10-12)27-21(30)26-13-3-5-14(6-4-13)28-9-8-17(29)18-19(23)24-11-25-20(18)28/h2-11H,1H3,(H2,23,24,25)(H2,26,27,30). The Bertz CT molecular complexity index is 1320. The van der Waals surface area contributed by atoms with Crippen LogP contribution in [0.3, 0.4) is 0 Å². The largest absolute Gasteiger partial charge is 0.383 e. The minimum Gasteiger partial charge on any atom is -0.383 e. The molecule has 4 N–H and O–H groups in total. The number of aryl methyl sites for hydroxylation is 1. The maximum absolute atomic E-state index is 13.8. The zero-order valence-electron chi connectivity index (χ0n) is 15.9. The Morgan fingerprint density at radius 2 is 1.83 bits per heavy atom. The Morgan fingerprint density at radius 3 is 2.60 bits per heavy atom. The zero-order chi connectivity index (χ0) is 21.3.